The molecule has 0 spiro atoms. The Morgan fingerprint density at radius 1 is 1.17 bits per heavy atom. The van der Waals surface area contributed by atoms with E-state index in [-0.39, 0.29) is 11.5 Å². The van der Waals surface area contributed by atoms with Gasteiger partial charge in [0.15, 0.2) is 0 Å². The first-order valence-corrected chi connectivity index (χ1v) is 10.5. The lowest BCUT2D eigenvalue weighted by Gasteiger charge is -2.26. The van der Waals surface area contributed by atoms with Crippen molar-refractivity contribution in [3.05, 3.63) is 40.8 Å². The molecule has 4 rings (SSSR count). The molecule has 7 heteroatoms. The monoisotopic (exact) mass is 395 g/mol. The van der Waals surface area contributed by atoms with Crippen LogP contribution in [0.1, 0.15) is 38.6 Å². The zero-order valence-corrected chi connectivity index (χ0v) is 17.2. The molecule has 7 nitrogen and oxygen atoms in total. The summed E-state index contributed by atoms with van der Waals surface area (Å²) in [7, 11) is 1.63. The maximum absolute atomic E-state index is 12.9. The predicted molar refractivity (Wildman–Crippen MR) is 115 cm³/mol. The van der Waals surface area contributed by atoms with E-state index in [1.165, 1.54) is 37.0 Å². The van der Waals surface area contributed by atoms with Gasteiger partial charge in [-0.25, -0.2) is 4.68 Å². The van der Waals surface area contributed by atoms with Crippen LogP contribution >= 0.6 is 0 Å². The molecule has 3 aromatic rings. The highest BCUT2D eigenvalue weighted by atomic mass is 16.2. The summed E-state index contributed by atoms with van der Waals surface area (Å²) in [6, 6.07) is 7.31. The van der Waals surface area contributed by atoms with Gasteiger partial charge in [0.05, 0.1) is 11.7 Å². The largest absolute Gasteiger partial charge is 0.354 e. The van der Waals surface area contributed by atoms with E-state index >= 15 is 0 Å². The summed E-state index contributed by atoms with van der Waals surface area (Å²) in [5.41, 5.74) is 1.21. The van der Waals surface area contributed by atoms with E-state index in [4.69, 9.17) is 0 Å². The minimum atomic E-state index is -0.484. The Labute approximate surface area is 170 Å². The van der Waals surface area contributed by atoms with Gasteiger partial charge in [0, 0.05) is 24.4 Å². The number of nitrogens with zero attached hydrogens (tertiary/aromatic N) is 4. The standard InChI is InChI=1S/C22H29N5O2/c1-16(21(28)23-11-8-14-26-12-6-3-7-13-26)27-19-10-5-4-9-17(19)18-15-24-25(2)22(29)20(18)27/h4-5,9-10,15-16H,3,6-8,11-14H2,1-2H3,(H,23,28)/t16-/m0/s1. The van der Waals surface area contributed by atoms with Gasteiger partial charge < -0.3 is 14.8 Å². The van der Waals surface area contributed by atoms with Crippen molar-refractivity contribution in [1.29, 1.82) is 0 Å². The summed E-state index contributed by atoms with van der Waals surface area (Å²) in [6.45, 7) is 5.87. The van der Waals surface area contributed by atoms with E-state index in [9.17, 15) is 9.59 Å². The molecule has 0 bridgehead atoms. The van der Waals surface area contributed by atoms with Crippen LogP contribution in [0.15, 0.2) is 35.3 Å². The van der Waals surface area contributed by atoms with Crippen LogP contribution in [0.4, 0.5) is 0 Å². The van der Waals surface area contributed by atoms with Crippen molar-refractivity contribution in [2.75, 3.05) is 26.2 Å². The predicted octanol–water partition coefficient (Wildman–Crippen LogP) is 2.44. The van der Waals surface area contributed by atoms with Crippen molar-refractivity contribution in [1.82, 2.24) is 24.6 Å². The maximum Gasteiger partial charge on any atom is 0.291 e. The fourth-order valence-electron chi connectivity index (χ4n) is 4.35. The average Bonchev–Trinajstić information content (AvgIpc) is 3.09. The normalized spacial score (nSPS) is 16.3. The zero-order valence-electron chi connectivity index (χ0n) is 17.2. The van der Waals surface area contributed by atoms with Crippen LogP contribution in [-0.4, -0.2) is 51.3 Å². The highest BCUT2D eigenvalue weighted by molar-refractivity contribution is 6.08. The molecule has 3 heterocycles. The molecular formula is C22H29N5O2. The van der Waals surface area contributed by atoms with E-state index in [0.717, 1.165) is 29.3 Å². The van der Waals surface area contributed by atoms with Gasteiger partial charge >= 0.3 is 0 Å². The van der Waals surface area contributed by atoms with Gasteiger partial charge in [0.1, 0.15) is 11.6 Å². The molecule has 0 unspecified atom stereocenters. The fraction of sp³-hybridized carbons (Fsp3) is 0.500. The third-order valence-electron chi connectivity index (χ3n) is 5.97. The van der Waals surface area contributed by atoms with Crippen molar-refractivity contribution in [2.24, 2.45) is 7.05 Å². The molecule has 2 aromatic heterocycles. The molecule has 1 amide bonds. The van der Waals surface area contributed by atoms with Crippen molar-refractivity contribution < 1.29 is 4.79 Å². The summed E-state index contributed by atoms with van der Waals surface area (Å²) in [5, 5.41) is 8.96. The number of aromatic nitrogens is 3. The van der Waals surface area contributed by atoms with Gasteiger partial charge in [0.2, 0.25) is 5.91 Å². The number of benzene rings is 1. The van der Waals surface area contributed by atoms with Crippen LogP contribution in [0, 0.1) is 0 Å². The smallest absolute Gasteiger partial charge is 0.291 e. The molecule has 1 N–H and O–H groups in total. The van der Waals surface area contributed by atoms with E-state index in [1.54, 1.807) is 13.2 Å². The Morgan fingerprint density at radius 2 is 1.93 bits per heavy atom. The number of hydrogen-bond acceptors (Lipinski definition) is 4. The minimum Gasteiger partial charge on any atom is -0.354 e. The van der Waals surface area contributed by atoms with Gasteiger partial charge in [-0.3, -0.25) is 9.59 Å². The minimum absolute atomic E-state index is 0.0647. The highest BCUT2D eigenvalue weighted by Crippen LogP contribution is 2.29. The number of likely N-dealkylation sites (tertiary alicyclic amines) is 1. The summed E-state index contributed by atoms with van der Waals surface area (Å²) < 4.78 is 3.18. The number of carbonyl (C=O) groups excluding carboxylic acids is 1. The number of rotatable bonds is 6. The van der Waals surface area contributed by atoms with Crippen LogP contribution < -0.4 is 10.9 Å². The van der Waals surface area contributed by atoms with Gasteiger partial charge in [-0.1, -0.05) is 24.6 Å². The number of fused-ring (bicyclic) bond motifs is 3. The third-order valence-corrected chi connectivity index (χ3v) is 5.97. The quantitative estimate of drug-likeness (QED) is 0.651. The molecular weight excluding hydrogens is 366 g/mol. The van der Waals surface area contributed by atoms with Crippen molar-refractivity contribution >= 4 is 27.7 Å². The molecule has 29 heavy (non-hydrogen) atoms. The molecule has 1 aromatic carbocycles. The first-order chi connectivity index (χ1) is 14.1. The van der Waals surface area contributed by atoms with E-state index in [1.807, 2.05) is 35.8 Å². The van der Waals surface area contributed by atoms with Gasteiger partial charge in [-0.05, 0) is 51.9 Å². The summed E-state index contributed by atoms with van der Waals surface area (Å²) in [6.07, 6.45) is 6.54. The number of nitrogens with one attached hydrogen (secondary N) is 1. The Bertz CT molecular complexity index is 1080. The lowest BCUT2D eigenvalue weighted by Crippen LogP contribution is -2.36. The first-order valence-electron chi connectivity index (χ1n) is 10.5. The molecule has 1 atom stereocenters. The molecule has 1 aliphatic heterocycles. The van der Waals surface area contributed by atoms with Crippen LogP contribution in [0.5, 0.6) is 0 Å². The number of piperidine rings is 1. The Balaban J connectivity index is 1.54. The van der Waals surface area contributed by atoms with Crippen molar-refractivity contribution in [3.63, 3.8) is 0 Å². The van der Waals surface area contributed by atoms with Crippen LogP contribution in [0.3, 0.4) is 0 Å². The molecule has 1 saturated heterocycles. The summed E-state index contributed by atoms with van der Waals surface area (Å²) in [5.74, 6) is -0.0647. The van der Waals surface area contributed by atoms with E-state index < -0.39 is 6.04 Å². The van der Waals surface area contributed by atoms with Gasteiger partial charge in [-0.2, -0.15) is 5.10 Å². The Kier molecular flexibility index (Phi) is 5.67. The molecule has 0 radical (unpaired) electrons. The van der Waals surface area contributed by atoms with E-state index in [0.29, 0.717) is 12.1 Å². The fourth-order valence-corrected chi connectivity index (χ4v) is 4.35. The maximum atomic E-state index is 12.9. The summed E-state index contributed by atoms with van der Waals surface area (Å²) in [4.78, 5) is 28.2. The first kappa shape index (κ1) is 19.6. The second-order valence-electron chi connectivity index (χ2n) is 7.95. The molecule has 1 fully saturated rings. The average molecular weight is 396 g/mol. The second kappa shape index (κ2) is 8.37. The van der Waals surface area contributed by atoms with Crippen LogP contribution in [-0.2, 0) is 11.8 Å². The number of hydrogen-bond donors (Lipinski definition) is 1. The lowest BCUT2D eigenvalue weighted by atomic mass is 10.1. The SMILES string of the molecule is C[C@@H](C(=O)NCCCN1CCCCC1)n1c2ccccc2c2cnn(C)c(=O)c21. The summed E-state index contributed by atoms with van der Waals surface area (Å²) >= 11 is 0. The van der Waals surface area contributed by atoms with Crippen molar-refractivity contribution in [3.8, 4) is 0 Å². The molecule has 0 saturated carbocycles. The highest BCUT2D eigenvalue weighted by Gasteiger charge is 2.23. The number of aryl methyl sites for hydroxylation is 1. The van der Waals surface area contributed by atoms with Gasteiger partial charge in [-0.15, -0.1) is 0 Å². The number of para-hydroxylation sites is 1. The molecule has 0 aliphatic carbocycles. The van der Waals surface area contributed by atoms with Gasteiger partial charge in [0.25, 0.3) is 5.56 Å². The lowest BCUT2D eigenvalue weighted by molar-refractivity contribution is -0.123. The number of carbonyl (C=O) groups is 1. The number of amides is 1. The molecule has 1 aliphatic rings. The zero-order chi connectivity index (χ0) is 20.4. The Hall–Kier alpha value is -2.67. The third kappa shape index (κ3) is 3.79. The molecule has 154 valence electrons. The second-order valence-corrected chi connectivity index (χ2v) is 7.95. The van der Waals surface area contributed by atoms with Crippen LogP contribution in [0.25, 0.3) is 21.8 Å². The van der Waals surface area contributed by atoms with Crippen LogP contribution in [0.2, 0.25) is 0 Å². The van der Waals surface area contributed by atoms with E-state index in [2.05, 4.69) is 15.3 Å². The Morgan fingerprint density at radius 3 is 2.72 bits per heavy atom. The van der Waals surface area contributed by atoms with Crippen molar-refractivity contribution in [2.45, 2.75) is 38.6 Å². The topological polar surface area (TPSA) is 72.2 Å².